The predicted octanol–water partition coefficient (Wildman–Crippen LogP) is 2.75. The topological polar surface area (TPSA) is 67.8 Å². The van der Waals surface area contributed by atoms with Gasteiger partial charge in [0, 0.05) is 0 Å². The van der Waals surface area contributed by atoms with E-state index in [1.807, 2.05) is 13.8 Å². The second kappa shape index (κ2) is 7.66. The van der Waals surface area contributed by atoms with Gasteiger partial charge in [0.2, 0.25) is 0 Å². The van der Waals surface area contributed by atoms with Crippen molar-refractivity contribution >= 4 is 21.8 Å². The highest BCUT2D eigenvalue weighted by Crippen LogP contribution is 2.34. The van der Waals surface area contributed by atoms with Crippen molar-refractivity contribution < 1.29 is 19.4 Å². The number of ether oxygens (including phenoxy) is 2. The van der Waals surface area contributed by atoms with Gasteiger partial charge in [-0.15, -0.1) is 0 Å². The lowest BCUT2D eigenvalue weighted by Crippen LogP contribution is -2.50. The van der Waals surface area contributed by atoms with E-state index >= 15 is 0 Å². The monoisotopic (exact) mass is 359 g/mol. The van der Waals surface area contributed by atoms with E-state index in [2.05, 4.69) is 21.2 Å². The van der Waals surface area contributed by atoms with Gasteiger partial charge >= 0.3 is 0 Å². The van der Waals surface area contributed by atoms with Gasteiger partial charge in [0.05, 0.1) is 36.4 Å². The molecule has 0 aliphatic carbocycles. The van der Waals surface area contributed by atoms with Crippen LogP contribution in [-0.4, -0.2) is 37.4 Å². The minimum absolute atomic E-state index is 0.112. The predicted molar refractivity (Wildman–Crippen MR) is 85.1 cm³/mol. The third-order valence-electron chi connectivity index (χ3n) is 3.74. The van der Waals surface area contributed by atoms with Gasteiger partial charge in [-0.1, -0.05) is 13.8 Å². The van der Waals surface area contributed by atoms with E-state index in [1.54, 1.807) is 12.1 Å². The summed E-state index contributed by atoms with van der Waals surface area (Å²) < 4.78 is 11.1. The van der Waals surface area contributed by atoms with Crippen LogP contribution in [0.25, 0.3) is 0 Å². The first-order valence-corrected chi connectivity index (χ1v) is 7.61. The molecule has 0 aromatic heterocycles. The number of aliphatic hydroxyl groups is 1. The zero-order valence-corrected chi connectivity index (χ0v) is 14.4. The summed E-state index contributed by atoms with van der Waals surface area (Å²) in [7, 11) is 3.04. The largest absolute Gasteiger partial charge is 0.497 e. The maximum absolute atomic E-state index is 12.6. The summed E-state index contributed by atoms with van der Waals surface area (Å²) in [6, 6.07) is 3.35. The van der Waals surface area contributed by atoms with Gasteiger partial charge in [-0.05, 0) is 40.9 Å². The van der Waals surface area contributed by atoms with Crippen molar-refractivity contribution in [3.8, 4) is 11.5 Å². The number of carbonyl (C=O) groups is 1. The molecule has 0 unspecified atom stereocenters. The standard InChI is InChI=1S/C15H22BrNO4/c1-5-15(6-2,9-18)17-14(19)11-7-10(20-3)8-12(16)13(11)21-4/h7-8,18H,5-6,9H2,1-4H3,(H,17,19). The first-order chi connectivity index (χ1) is 9.96. The number of hydrogen-bond acceptors (Lipinski definition) is 4. The van der Waals surface area contributed by atoms with Crippen LogP contribution in [-0.2, 0) is 0 Å². The molecule has 0 saturated heterocycles. The van der Waals surface area contributed by atoms with Crippen LogP contribution in [0, 0.1) is 0 Å². The Hall–Kier alpha value is -1.27. The molecule has 0 aliphatic heterocycles. The fourth-order valence-corrected chi connectivity index (χ4v) is 2.66. The first-order valence-electron chi connectivity index (χ1n) is 6.81. The molecule has 1 aromatic carbocycles. The highest BCUT2D eigenvalue weighted by atomic mass is 79.9. The molecular weight excluding hydrogens is 338 g/mol. The summed E-state index contributed by atoms with van der Waals surface area (Å²) in [5, 5.41) is 12.5. The Morgan fingerprint density at radius 1 is 1.29 bits per heavy atom. The number of benzene rings is 1. The van der Waals surface area contributed by atoms with Crippen LogP contribution in [0.2, 0.25) is 0 Å². The molecule has 0 saturated carbocycles. The zero-order chi connectivity index (χ0) is 16.0. The molecule has 6 heteroatoms. The molecule has 0 spiro atoms. The first kappa shape index (κ1) is 17.8. The maximum atomic E-state index is 12.6. The molecule has 21 heavy (non-hydrogen) atoms. The lowest BCUT2D eigenvalue weighted by atomic mass is 9.93. The molecule has 1 rings (SSSR count). The van der Waals surface area contributed by atoms with E-state index in [0.29, 0.717) is 34.4 Å². The lowest BCUT2D eigenvalue weighted by molar-refractivity contribution is 0.0814. The van der Waals surface area contributed by atoms with E-state index in [4.69, 9.17) is 9.47 Å². The summed E-state index contributed by atoms with van der Waals surface area (Å²) in [5.41, 5.74) is -0.263. The highest BCUT2D eigenvalue weighted by Gasteiger charge is 2.29. The maximum Gasteiger partial charge on any atom is 0.255 e. The summed E-state index contributed by atoms with van der Waals surface area (Å²) in [5.74, 6) is 0.687. The highest BCUT2D eigenvalue weighted by molar-refractivity contribution is 9.10. The van der Waals surface area contributed by atoms with Crippen LogP contribution in [0.3, 0.4) is 0 Å². The van der Waals surface area contributed by atoms with E-state index < -0.39 is 5.54 Å². The van der Waals surface area contributed by atoms with Crippen LogP contribution in [0.1, 0.15) is 37.0 Å². The van der Waals surface area contributed by atoms with Crippen LogP contribution in [0.4, 0.5) is 0 Å². The van der Waals surface area contributed by atoms with Crippen LogP contribution in [0.15, 0.2) is 16.6 Å². The number of aliphatic hydroxyl groups excluding tert-OH is 1. The summed E-state index contributed by atoms with van der Waals surface area (Å²) in [6.45, 7) is 3.75. The molecule has 0 bridgehead atoms. The normalized spacial score (nSPS) is 11.1. The number of halogens is 1. The molecule has 0 heterocycles. The third kappa shape index (κ3) is 3.89. The number of methoxy groups -OCH3 is 2. The Kier molecular flexibility index (Phi) is 6.48. The summed E-state index contributed by atoms with van der Waals surface area (Å²) >= 11 is 3.36. The minimum atomic E-state index is -0.627. The van der Waals surface area contributed by atoms with E-state index in [0.717, 1.165) is 0 Å². The smallest absolute Gasteiger partial charge is 0.255 e. The van der Waals surface area contributed by atoms with Crippen molar-refractivity contribution in [3.05, 3.63) is 22.2 Å². The van der Waals surface area contributed by atoms with Gasteiger partial charge in [0.1, 0.15) is 11.5 Å². The van der Waals surface area contributed by atoms with Gasteiger partial charge in [-0.2, -0.15) is 0 Å². The molecule has 2 N–H and O–H groups in total. The van der Waals surface area contributed by atoms with Gasteiger partial charge in [0.25, 0.3) is 5.91 Å². The summed E-state index contributed by atoms with van der Waals surface area (Å²) in [6.07, 6.45) is 1.28. The molecule has 1 aromatic rings. The van der Waals surface area contributed by atoms with Crippen molar-refractivity contribution in [1.82, 2.24) is 5.32 Å². The van der Waals surface area contributed by atoms with Gasteiger partial charge in [-0.3, -0.25) is 4.79 Å². The quantitative estimate of drug-likeness (QED) is 0.785. The fourth-order valence-electron chi connectivity index (χ4n) is 2.06. The molecule has 0 atom stereocenters. The van der Waals surface area contributed by atoms with Crippen molar-refractivity contribution in [2.24, 2.45) is 0 Å². The Bertz CT molecular complexity index is 492. The summed E-state index contributed by atoms with van der Waals surface area (Å²) in [4.78, 5) is 12.6. The molecule has 0 aliphatic rings. The van der Waals surface area contributed by atoms with Gasteiger partial charge < -0.3 is 19.9 Å². The third-order valence-corrected chi connectivity index (χ3v) is 4.33. The average Bonchev–Trinajstić information content (AvgIpc) is 2.51. The van der Waals surface area contributed by atoms with E-state index in [1.165, 1.54) is 14.2 Å². The Labute approximate surface area is 133 Å². The number of rotatable bonds is 7. The van der Waals surface area contributed by atoms with E-state index in [-0.39, 0.29) is 12.5 Å². The average molecular weight is 360 g/mol. The minimum Gasteiger partial charge on any atom is -0.497 e. The van der Waals surface area contributed by atoms with Crippen LogP contribution in [0.5, 0.6) is 11.5 Å². The zero-order valence-electron chi connectivity index (χ0n) is 12.8. The Morgan fingerprint density at radius 2 is 1.90 bits per heavy atom. The van der Waals surface area contributed by atoms with E-state index in [9.17, 15) is 9.90 Å². The van der Waals surface area contributed by atoms with Crippen LogP contribution < -0.4 is 14.8 Å². The second-order valence-corrected chi connectivity index (χ2v) is 5.64. The Balaban J connectivity index is 3.20. The number of carbonyl (C=O) groups excluding carboxylic acids is 1. The van der Waals surface area contributed by atoms with Gasteiger partial charge in [-0.25, -0.2) is 0 Å². The van der Waals surface area contributed by atoms with Crippen molar-refractivity contribution in [1.29, 1.82) is 0 Å². The SMILES string of the molecule is CCC(CC)(CO)NC(=O)c1cc(OC)cc(Br)c1OC. The molecular formula is C15H22BrNO4. The van der Waals surface area contributed by atoms with Gasteiger partial charge in [0.15, 0.2) is 0 Å². The molecule has 0 radical (unpaired) electrons. The number of nitrogens with one attached hydrogen (secondary N) is 1. The Morgan fingerprint density at radius 3 is 2.33 bits per heavy atom. The number of hydrogen-bond donors (Lipinski definition) is 2. The molecule has 0 fully saturated rings. The van der Waals surface area contributed by atoms with Crippen molar-refractivity contribution in [2.45, 2.75) is 32.2 Å². The lowest BCUT2D eigenvalue weighted by Gasteiger charge is -2.31. The molecule has 118 valence electrons. The van der Waals surface area contributed by atoms with Crippen molar-refractivity contribution in [3.63, 3.8) is 0 Å². The van der Waals surface area contributed by atoms with Crippen molar-refractivity contribution in [2.75, 3.05) is 20.8 Å². The second-order valence-electron chi connectivity index (χ2n) is 4.79. The van der Waals surface area contributed by atoms with Crippen LogP contribution >= 0.6 is 15.9 Å². The molecule has 5 nitrogen and oxygen atoms in total. The fraction of sp³-hybridized carbons (Fsp3) is 0.533. The number of amides is 1. The molecule has 1 amide bonds.